The SMILES string of the molecule is CCN1CCN(CC(=O)N2C[C@H]3CNC[C@H]3C2)C(=O)C1=O. The van der Waals surface area contributed by atoms with Gasteiger partial charge in [-0.1, -0.05) is 0 Å². The van der Waals surface area contributed by atoms with Crippen LogP contribution < -0.4 is 5.32 Å². The van der Waals surface area contributed by atoms with Crippen LogP contribution in [0.2, 0.25) is 0 Å². The number of likely N-dealkylation sites (N-methyl/N-ethyl adjacent to an activating group) is 1. The number of amides is 3. The van der Waals surface area contributed by atoms with E-state index in [4.69, 9.17) is 0 Å². The number of carbonyl (C=O) groups is 3. The minimum absolute atomic E-state index is 0.0319. The molecule has 3 amide bonds. The number of nitrogens with zero attached hydrogens (tertiary/aromatic N) is 3. The maximum Gasteiger partial charge on any atom is 0.312 e. The van der Waals surface area contributed by atoms with Gasteiger partial charge in [0.2, 0.25) is 5.91 Å². The van der Waals surface area contributed by atoms with E-state index in [-0.39, 0.29) is 12.5 Å². The third-order valence-corrected chi connectivity index (χ3v) is 4.85. The Kier molecular flexibility index (Phi) is 3.84. The number of nitrogens with one attached hydrogen (secondary N) is 1. The van der Waals surface area contributed by atoms with Crippen molar-refractivity contribution >= 4 is 17.7 Å². The summed E-state index contributed by atoms with van der Waals surface area (Å²) in [6.07, 6.45) is 0. The van der Waals surface area contributed by atoms with Crippen molar-refractivity contribution in [2.45, 2.75) is 6.92 Å². The molecule has 3 heterocycles. The molecule has 3 aliphatic rings. The fourth-order valence-corrected chi connectivity index (χ4v) is 3.49. The maximum absolute atomic E-state index is 12.3. The lowest BCUT2D eigenvalue weighted by molar-refractivity contribution is -0.157. The van der Waals surface area contributed by atoms with Gasteiger partial charge in [-0.05, 0) is 18.8 Å². The van der Waals surface area contributed by atoms with Crippen LogP contribution in [0.5, 0.6) is 0 Å². The Balaban J connectivity index is 1.56. The number of likely N-dealkylation sites (tertiary alicyclic amines) is 1. The molecule has 0 saturated carbocycles. The van der Waals surface area contributed by atoms with Gasteiger partial charge in [0.1, 0.15) is 6.54 Å². The number of fused-ring (bicyclic) bond motifs is 1. The first-order valence-corrected chi connectivity index (χ1v) is 7.66. The van der Waals surface area contributed by atoms with Gasteiger partial charge < -0.3 is 20.0 Å². The van der Waals surface area contributed by atoms with E-state index in [9.17, 15) is 14.4 Å². The Morgan fingerprint density at radius 2 is 1.67 bits per heavy atom. The highest BCUT2D eigenvalue weighted by Crippen LogP contribution is 2.26. The first-order valence-electron chi connectivity index (χ1n) is 7.66. The summed E-state index contributed by atoms with van der Waals surface area (Å²) in [7, 11) is 0. The topological polar surface area (TPSA) is 73.0 Å². The van der Waals surface area contributed by atoms with Crippen LogP contribution in [0.4, 0.5) is 0 Å². The zero-order chi connectivity index (χ0) is 15.0. The lowest BCUT2D eigenvalue weighted by Gasteiger charge is -2.33. The highest BCUT2D eigenvalue weighted by atomic mass is 16.2. The summed E-state index contributed by atoms with van der Waals surface area (Å²) < 4.78 is 0. The van der Waals surface area contributed by atoms with Gasteiger partial charge in [-0.15, -0.1) is 0 Å². The Bertz CT molecular complexity index is 455. The molecule has 3 rings (SSSR count). The fourth-order valence-electron chi connectivity index (χ4n) is 3.49. The van der Waals surface area contributed by atoms with Crippen LogP contribution in [0.25, 0.3) is 0 Å². The summed E-state index contributed by atoms with van der Waals surface area (Å²) >= 11 is 0. The molecule has 0 unspecified atom stereocenters. The number of piperazine rings is 1. The minimum atomic E-state index is -0.544. The van der Waals surface area contributed by atoms with Crippen LogP contribution in [0.3, 0.4) is 0 Å². The highest BCUT2D eigenvalue weighted by Gasteiger charge is 2.39. The van der Waals surface area contributed by atoms with Gasteiger partial charge in [0.05, 0.1) is 0 Å². The molecule has 7 nitrogen and oxygen atoms in total. The molecule has 0 spiro atoms. The highest BCUT2D eigenvalue weighted by molar-refractivity contribution is 6.35. The lowest BCUT2D eigenvalue weighted by atomic mass is 10.0. The molecular weight excluding hydrogens is 272 g/mol. The molecule has 7 heteroatoms. The van der Waals surface area contributed by atoms with Crippen LogP contribution in [0.15, 0.2) is 0 Å². The molecule has 3 fully saturated rings. The van der Waals surface area contributed by atoms with Gasteiger partial charge in [0, 0.05) is 45.8 Å². The predicted octanol–water partition coefficient (Wildman–Crippen LogP) is -1.65. The predicted molar refractivity (Wildman–Crippen MR) is 75.3 cm³/mol. The average molecular weight is 294 g/mol. The van der Waals surface area contributed by atoms with Crippen molar-refractivity contribution in [3.05, 3.63) is 0 Å². The van der Waals surface area contributed by atoms with Crippen LogP contribution in [-0.2, 0) is 14.4 Å². The van der Waals surface area contributed by atoms with E-state index in [0.717, 1.165) is 26.2 Å². The molecule has 116 valence electrons. The van der Waals surface area contributed by atoms with Crippen molar-refractivity contribution in [2.24, 2.45) is 11.8 Å². The van der Waals surface area contributed by atoms with E-state index >= 15 is 0 Å². The summed E-state index contributed by atoms with van der Waals surface area (Å²) in [5, 5.41) is 3.34. The molecule has 0 aromatic heterocycles. The summed E-state index contributed by atoms with van der Waals surface area (Å²) in [6.45, 7) is 6.88. The van der Waals surface area contributed by atoms with E-state index in [1.165, 1.54) is 9.80 Å². The van der Waals surface area contributed by atoms with Crippen LogP contribution in [0, 0.1) is 11.8 Å². The van der Waals surface area contributed by atoms with Gasteiger partial charge in [-0.25, -0.2) is 0 Å². The summed E-state index contributed by atoms with van der Waals surface area (Å²) in [4.78, 5) is 40.9. The second-order valence-corrected chi connectivity index (χ2v) is 6.09. The molecule has 0 aromatic rings. The average Bonchev–Trinajstić information content (AvgIpc) is 3.05. The van der Waals surface area contributed by atoms with Crippen molar-refractivity contribution in [1.29, 1.82) is 0 Å². The van der Waals surface area contributed by atoms with Gasteiger partial charge in [0.15, 0.2) is 0 Å². The fraction of sp³-hybridized carbons (Fsp3) is 0.786. The summed E-state index contributed by atoms with van der Waals surface area (Å²) in [5.41, 5.74) is 0. The van der Waals surface area contributed by atoms with E-state index in [0.29, 0.717) is 31.5 Å². The molecule has 3 saturated heterocycles. The van der Waals surface area contributed by atoms with Gasteiger partial charge in [-0.2, -0.15) is 0 Å². The molecule has 0 aromatic carbocycles. The third-order valence-electron chi connectivity index (χ3n) is 4.85. The number of rotatable bonds is 3. The minimum Gasteiger partial charge on any atom is -0.340 e. The van der Waals surface area contributed by atoms with E-state index < -0.39 is 11.8 Å². The van der Waals surface area contributed by atoms with Crippen molar-refractivity contribution in [1.82, 2.24) is 20.0 Å². The largest absolute Gasteiger partial charge is 0.340 e. The third kappa shape index (κ3) is 2.62. The molecule has 0 radical (unpaired) electrons. The quantitative estimate of drug-likeness (QED) is 0.633. The summed E-state index contributed by atoms with van der Waals surface area (Å²) in [5.74, 6) is 0.0264. The van der Waals surface area contributed by atoms with Gasteiger partial charge >= 0.3 is 11.8 Å². The van der Waals surface area contributed by atoms with E-state index in [1.54, 1.807) is 0 Å². The molecule has 2 atom stereocenters. The smallest absolute Gasteiger partial charge is 0.312 e. The molecule has 0 bridgehead atoms. The van der Waals surface area contributed by atoms with Crippen LogP contribution in [-0.4, -0.2) is 84.8 Å². The number of hydrogen-bond acceptors (Lipinski definition) is 4. The molecule has 0 aliphatic carbocycles. The van der Waals surface area contributed by atoms with Crippen molar-refractivity contribution in [3.63, 3.8) is 0 Å². The Labute approximate surface area is 124 Å². The first-order chi connectivity index (χ1) is 10.1. The monoisotopic (exact) mass is 294 g/mol. The summed E-state index contributed by atoms with van der Waals surface area (Å²) in [6, 6.07) is 0. The van der Waals surface area contributed by atoms with Crippen molar-refractivity contribution < 1.29 is 14.4 Å². The zero-order valence-electron chi connectivity index (χ0n) is 12.4. The normalized spacial score (nSPS) is 29.3. The molecular formula is C14H22N4O3. The standard InChI is InChI=1S/C14H22N4O3/c1-2-16-3-4-17(14(21)13(16)20)9-12(19)18-7-10-5-15-6-11(10)8-18/h10-11,15H,2-9H2,1H3/t10-,11+. The number of carbonyl (C=O) groups excluding carboxylic acids is 3. The Morgan fingerprint density at radius 3 is 2.29 bits per heavy atom. The molecule has 1 N–H and O–H groups in total. The Hall–Kier alpha value is -1.63. The van der Waals surface area contributed by atoms with Gasteiger partial charge in [0.25, 0.3) is 0 Å². The Morgan fingerprint density at radius 1 is 1.10 bits per heavy atom. The lowest BCUT2D eigenvalue weighted by Crippen LogP contribution is -2.56. The van der Waals surface area contributed by atoms with E-state index in [2.05, 4.69) is 5.32 Å². The zero-order valence-corrected chi connectivity index (χ0v) is 12.4. The molecule has 3 aliphatic heterocycles. The maximum atomic E-state index is 12.3. The first kappa shape index (κ1) is 14.3. The van der Waals surface area contributed by atoms with Crippen molar-refractivity contribution in [3.8, 4) is 0 Å². The second-order valence-electron chi connectivity index (χ2n) is 6.09. The molecule has 21 heavy (non-hydrogen) atoms. The van der Waals surface area contributed by atoms with E-state index in [1.807, 2.05) is 11.8 Å². The van der Waals surface area contributed by atoms with Gasteiger partial charge in [-0.3, -0.25) is 14.4 Å². The van der Waals surface area contributed by atoms with Crippen molar-refractivity contribution in [2.75, 3.05) is 52.4 Å². The van der Waals surface area contributed by atoms with Crippen LogP contribution in [0.1, 0.15) is 6.92 Å². The number of hydrogen-bond donors (Lipinski definition) is 1. The second kappa shape index (κ2) is 5.63. The van der Waals surface area contributed by atoms with Crippen LogP contribution >= 0.6 is 0 Å².